The van der Waals surface area contributed by atoms with Crippen LogP contribution in [-0.2, 0) is 49.0 Å². The second-order valence-corrected chi connectivity index (χ2v) is 26.2. The summed E-state index contributed by atoms with van der Waals surface area (Å²) in [6, 6.07) is 37.5. The van der Waals surface area contributed by atoms with E-state index >= 15 is 0 Å². The van der Waals surface area contributed by atoms with Crippen molar-refractivity contribution in [3.63, 3.8) is 0 Å². The largest absolute Gasteiger partial charge is 1.00 e. The smallest absolute Gasteiger partial charge is 1.00 e. The van der Waals surface area contributed by atoms with Gasteiger partial charge >= 0.3 is 41.9 Å². The Bertz CT molecular complexity index is 1950. The number of halogens is 2. The van der Waals surface area contributed by atoms with Gasteiger partial charge in [-0.05, 0) is 73.6 Å². The van der Waals surface area contributed by atoms with Crippen LogP contribution < -0.4 is 24.8 Å². The van der Waals surface area contributed by atoms with Crippen molar-refractivity contribution in [1.82, 2.24) is 0 Å². The summed E-state index contributed by atoms with van der Waals surface area (Å²) >= 11 is 1.74. The zero-order valence-corrected chi connectivity index (χ0v) is 40.0. The maximum Gasteiger partial charge on any atom is -1.00 e. The Morgan fingerprint density at radius 1 is 0.536 bits per heavy atom. The first-order valence-electron chi connectivity index (χ1n) is 21.3. The van der Waals surface area contributed by atoms with Crippen LogP contribution in [0.15, 0.2) is 97.1 Å². The summed E-state index contributed by atoms with van der Waals surface area (Å²) in [5.41, 5.74) is 14.3. The summed E-state index contributed by atoms with van der Waals surface area (Å²) in [5.74, 6) is 1.80. The van der Waals surface area contributed by atoms with E-state index in [4.69, 9.17) is 0 Å². The second kappa shape index (κ2) is 22.8. The number of rotatable bonds is 8. The molecule has 2 aliphatic rings. The Kier molecular flexibility index (Phi) is 18.9. The van der Waals surface area contributed by atoms with Crippen LogP contribution in [0.1, 0.15) is 111 Å². The first-order chi connectivity index (χ1) is 26.2. The van der Waals surface area contributed by atoms with Gasteiger partial charge in [-0.2, -0.15) is 12.1 Å². The monoisotopic (exact) mass is 876 g/mol. The second-order valence-electron chi connectivity index (χ2n) is 16.9. The molecule has 0 saturated heterocycles. The molecule has 0 spiro atoms. The van der Waals surface area contributed by atoms with Crippen molar-refractivity contribution in [2.45, 2.75) is 131 Å². The molecule has 0 bridgehead atoms. The van der Waals surface area contributed by atoms with Crippen LogP contribution in [0.5, 0.6) is 0 Å². The van der Waals surface area contributed by atoms with Gasteiger partial charge in [0.05, 0.1) is 0 Å². The molecule has 0 unspecified atom stereocenters. The van der Waals surface area contributed by atoms with E-state index in [0.717, 1.165) is 24.7 Å². The number of hydrogen-bond acceptors (Lipinski definition) is 0. The van der Waals surface area contributed by atoms with Gasteiger partial charge in [0.1, 0.15) is 0 Å². The molecule has 0 nitrogen and oxygen atoms in total. The van der Waals surface area contributed by atoms with Gasteiger partial charge in [0.2, 0.25) is 0 Å². The molecule has 0 heterocycles. The van der Waals surface area contributed by atoms with Crippen LogP contribution >= 0.6 is 0 Å². The molecule has 0 N–H and O–H groups in total. The molecule has 2 fully saturated rings. The number of hydrogen-bond donors (Lipinski definition) is 0. The van der Waals surface area contributed by atoms with E-state index in [0.29, 0.717) is 0 Å². The normalized spacial score (nSPS) is 14.6. The van der Waals surface area contributed by atoms with Crippen molar-refractivity contribution in [1.29, 1.82) is 0 Å². The first kappa shape index (κ1) is 46.5. The summed E-state index contributed by atoms with van der Waals surface area (Å²) < 4.78 is 0. The van der Waals surface area contributed by atoms with Crippen molar-refractivity contribution >= 4 is 27.0 Å². The summed E-state index contributed by atoms with van der Waals surface area (Å²) in [4.78, 5) is 0. The topological polar surface area (TPSA) is 0 Å². The van der Waals surface area contributed by atoms with E-state index in [1.807, 2.05) is 0 Å². The molecule has 6 aromatic carbocycles. The molecule has 0 atom stereocenters. The van der Waals surface area contributed by atoms with Crippen molar-refractivity contribution in [2.24, 2.45) is 11.8 Å². The molecule has 56 heavy (non-hydrogen) atoms. The van der Waals surface area contributed by atoms with Crippen molar-refractivity contribution < 1.29 is 48.1 Å². The Morgan fingerprint density at radius 2 is 0.875 bits per heavy atom. The van der Waals surface area contributed by atoms with Crippen LogP contribution in [0.3, 0.4) is 0 Å². The Morgan fingerprint density at radius 3 is 1.20 bits per heavy atom. The Hall–Kier alpha value is -2.22. The van der Waals surface area contributed by atoms with Gasteiger partial charge in [-0.3, -0.25) is 0 Å². The molecule has 8 rings (SSSR count). The van der Waals surface area contributed by atoms with Crippen LogP contribution in [0, 0.1) is 25.7 Å². The standard InChI is InChI=1S/2C25H29.C2H6Si.2ClH.Zr/c2*1-3-19-9-11-22(12-10-19)24-14-18(2)13-23-16-21(17-25(23)24)15-20-7-5-4-6-8-20;1-3-2;;;/h2*9-14,16-17,20H,3-8,15H2,1-2H3;1-2H3;2*1H;/q2*-1;;;;+2/p-2. The Labute approximate surface area is 367 Å². The third-order valence-electron chi connectivity index (χ3n) is 11.9. The molecular weight excluding hydrogens is 815 g/mol. The Balaban J connectivity index is 0.000000220. The van der Waals surface area contributed by atoms with E-state index in [2.05, 4.69) is 138 Å². The van der Waals surface area contributed by atoms with Gasteiger partial charge in [-0.1, -0.05) is 161 Å². The number of fused-ring (bicyclic) bond motifs is 2. The zero-order valence-electron chi connectivity index (χ0n) is 35.0. The van der Waals surface area contributed by atoms with E-state index in [1.165, 1.54) is 143 Å². The minimum absolute atomic E-state index is 0. The molecule has 0 radical (unpaired) electrons. The summed E-state index contributed by atoms with van der Waals surface area (Å²) in [6.45, 7) is 13.5. The summed E-state index contributed by atoms with van der Waals surface area (Å²) in [7, 11) is 0. The van der Waals surface area contributed by atoms with E-state index in [1.54, 1.807) is 34.5 Å². The van der Waals surface area contributed by atoms with E-state index in [9.17, 15) is 0 Å². The molecule has 296 valence electrons. The quantitative estimate of drug-likeness (QED) is 0.106. The summed E-state index contributed by atoms with van der Waals surface area (Å²) in [5, 5.41) is 5.70. The van der Waals surface area contributed by atoms with Crippen LogP contribution in [-0.4, -0.2) is 5.43 Å². The molecule has 2 aliphatic carbocycles. The number of benzene rings is 4. The SMILES string of the molecule is CCc1ccc(-c2cc(C)cc3[cH-]c(CC4CCCCC4)cc23)cc1.CCc1ccc(-c2cc(C)cc3[cH-]c(CC4CCCCC4)cc23)cc1.C[Si](C)=[Zr+2].[Cl-].[Cl-]. The molecule has 0 aliphatic heterocycles. The maximum atomic E-state index is 2.46. The van der Waals surface area contributed by atoms with Gasteiger partial charge in [0.15, 0.2) is 0 Å². The third-order valence-corrected chi connectivity index (χ3v) is 11.9. The average Bonchev–Trinajstić information content (AvgIpc) is 3.78. The van der Waals surface area contributed by atoms with Crippen molar-refractivity contribution in [2.75, 3.05) is 0 Å². The molecule has 0 amide bonds. The first-order valence-corrected chi connectivity index (χ1v) is 27.5. The predicted molar refractivity (Wildman–Crippen MR) is 236 cm³/mol. The average molecular weight is 879 g/mol. The van der Waals surface area contributed by atoms with Crippen LogP contribution in [0.2, 0.25) is 13.1 Å². The molecule has 2 saturated carbocycles. The van der Waals surface area contributed by atoms with Gasteiger partial charge in [-0.25, -0.2) is 0 Å². The van der Waals surface area contributed by atoms with Crippen LogP contribution in [0.4, 0.5) is 0 Å². The van der Waals surface area contributed by atoms with Gasteiger partial charge in [0.25, 0.3) is 0 Å². The minimum Gasteiger partial charge on any atom is -1.00 e. The summed E-state index contributed by atoms with van der Waals surface area (Å²) in [6.07, 6.45) is 19.0. The van der Waals surface area contributed by atoms with Crippen LogP contribution in [0.25, 0.3) is 43.8 Å². The zero-order chi connectivity index (χ0) is 38.0. The van der Waals surface area contributed by atoms with E-state index < -0.39 is 0 Å². The molecular formula is C52H64Cl2SiZr-2. The van der Waals surface area contributed by atoms with Crippen molar-refractivity contribution in [3.8, 4) is 22.3 Å². The third kappa shape index (κ3) is 12.9. The molecule has 4 heteroatoms. The van der Waals surface area contributed by atoms with E-state index in [-0.39, 0.29) is 30.2 Å². The fourth-order valence-electron chi connectivity index (χ4n) is 9.07. The minimum atomic E-state index is 0. The maximum absolute atomic E-state index is 2.46. The van der Waals surface area contributed by atoms with Gasteiger partial charge in [0, 0.05) is 0 Å². The van der Waals surface area contributed by atoms with Gasteiger partial charge < -0.3 is 24.8 Å². The van der Waals surface area contributed by atoms with Gasteiger partial charge in [-0.15, -0.1) is 56.9 Å². The molecule has 6 aromatic rings. The predicted octanol–water partition coefficient (Wildman–Crippen LogP) is 9.23. The van der Waals surface area contributed by atoms with Crippen molar-refractivity contribution in [3.05, 3.63) is 130 Å². The fraction of sp³-hybridized carbons (Fsp3) is 0.423. The number of aryl methyl sites for hydroxylation is 4. The fourth-order valence-corrected chi connectivity index (χ4v) is 9.07. The molecule has 0 aromatic heterocycles.